The highest BCUT2D eigenvalue weighted by atomic mass is 16.5. The van der Waals surface area contributed by atoms with Crippen molar-refractivity contribution in [2.45, 2.75) is 39.7 Å². The molecule has 0 aliphatic carbocycles. The van der Waals surface area contributed by atoms with Gasteiger partial charge in [-0.3, -0.25) is 9.59 Å². The quantitative estimate of drug-likeness (QED) is 0.378. The normalized spacial score (nSPS) is 18.4. The topological polar surface area (TPSA) is 79.9 Å². The van der Waals surface area contributed by atoms with E-state index in [1.165, 1.54) is 0 Å². The fraction of sp³-hybridized carbons (Fsp3) is 0.652. The molecule has 1 aromatic rings. The summed E-state index contributed by atoms with van der Waals surface area (Å²) in [7, 11) is 1.68. The van der Waals surface area contributed by atoms with E-state index < -0.39 is 0 Å². The molecule has 1 heterocycles. The molecule has 2 atom stereocenters. The van der Waals surface area contributed by atoms with Crippen LogP contribution in [-0.2, 0) is 16.0 Å². The van der Waals surface area contributed by atoms with Crippen molar-refractivity contribution >= 4 is 12.3 Å². The lowest BCUT2D eigenvalue weighted by Gasteiger charge is -2.31. The summed E-state index contributed by atoms with van der Waals surface area (Å²) in [4.78, 5) is 26.0. The maximum Gasteiger partial charge on any atom is 0.254 e. The second-order valence-corrected chi connectivity index (χ2v) is 8.13. The second-order valence-electron chi connectivity index (χ2n) is 8.13. The van der Waals surface area contributed by atoms with Gasteiger partial charge in [0.25, 0.3) is 5.91 Å². The molecule has 168 valence electrons. The molecular weight excluding hydrogens is 382 g/mol. The van der Waals surface area contributed by atoms with Gasteiger partial charge in [0.2, 0.25) is 6.41 Å². The average molecular weight is 420 g/mol. The molecule has 1 aliphatic rings. The molecule has 2 rings (SSSR count). The summed E-state index contributed by atoms with van der Waals surface area (Å²) in [6.45, 7) is 10.4. The summed E-state index contributed by atoms with van der Waals surface area (Å²) < 4.78 is 11.0. The molecule has 7 nitrogen and oxygen atoms in total. The van der Waals surface area contributed by atoms with Crippen LogP contribution in [0.1, 0.15) is 43.1 Å². The van der Waals surface area contributed by atoms with Crippen molar-refractivity contribution in [3.05, 3.63) is 29.3 Å². The summed E-state index contributed by atoms with van der Waals surface area (Å²) >= 11 is 0. The van der Waals surface area contributed by atoms with Crippen LogP contribution in [-0.4, -0.2) is 69.8 Å². The van der Waals surface area contributed by atoms with E-state index in [-0.39, 0.29) is 11.9 Å². The van der Waals surface area contributed by atoms with Crippen molar-refractivity contribution in [2.75, 3.05) is 46.5 Å². The number of nitrogens with zero attached hydrogens (tertiary/aromatic N) is 1. The first-order valence-electron chi connectivity index (χ1n) is 10.9. The monoisotopic (exact) mass is 419 g/mol. The number of amides is 2. The van der Waals surface area contributed by atoms with Gasteiger partial charge in [0.1, 0.15) is 5.75 Å². The molecule has 2 amide bonds. The highest BCUT2D eigenvalue weighted by Crippen LogP contribution is 2.25. The van der Waals surface area contributed by atoms with Crippen LogP contribution < -0.4 is 15.4 Å². The molecule has 30 heavy (non-hydrogen) atoms. The molecule has 2 N–H and O–H groups in total. The Morgan fingerprint density at radius 3 is 2.73 bits per heavy atom. The lowest BCUT2D eigenvalue weighted by atomic mass is 9.94. The summed E-state index contributed by atoms with van der Waals surface area (Å²) in [5, 5.41) is 6.17. The SMILES string of the molecule is CCc1ccc(C(=O)N(C[C@@H]2CNC[C@H]2CNC=O)C(C)C)cc1OCCCOC. The molecular formula is C23H37N3O4. The van der Waals surface area contributed by atoms with Crippen molar-refractivity contribution in [1.29, 1.82) is 0 Å². The molecule has 0 saturated carbocycles. The smallest absolute Gasteiger partial charge is 0.254 e. The van der Waals surface area contributed by atoms with E-state index in [0.29, 0.717) is 43.7 Å². The van der Waals surface area contributed by atoms with Gasteiger partial charge in [-0.2, -0.15) is 0 Å². The van der Waals surface area contributed by atoms with Crippen LogP contribution in [0.5, 0.6) is 5.75 Å². The second kappa shape index (κ2) is 12.5. The van der Waals surface area contributed by atoms with Crippen LogP contribution in [0.15, 0.2) is 18.2 Å². The van der Waals surface area contributed by atoms with Gasteiger partial charge in [-0.15, -0.1) is 0 Å². The van der Waals surface area contributed by atoms with Crippen LogP contribution in [0.3, 0.4) is 0 Å². The van der Waals surface area contributed by atoms with Gasteiger partial charge in [0.05, 0.1) is 6.61 Å². The minimum absolute atomic E-state index is 0.0170. The minimum Gasteiger partial charge on any atom is -0.493 e. The first-order valence-corrected chi connectivity index (χ1v) is 10.9. The maximum atomic E-state index is 13.4. The number of ether oxygens (including phenoxy) is 2. The predicted octanol–water partition coefficient (Wildman–Crippen LogP) is 2.10. The van der Waals surface area contributed by atoms with Gasteiger partial charge in [-0.05, 0) is 49.8 Å². The zero-order chi connectivity index (χ0) is 21.9. The molecule has 1 saturated heterocycles. The summed E-state index contributed by atoms with van der Waals surface area (Å²) in [5.74, 6) is 1.43. The summed E-state index contributed by atoms with van der Waals surface area (Å²) in [6.07, 6.45) is 2.40. The fourth-order valence-electron chi connectivity index (χ4n) is 3.89. The number of hydrogen-bond donors (Lipinski definition) is 2. The standard InChI is InChI=1S/C23H37N3O4/c1-5-18-7-8-19(11-22(18)30-10-6-9-29-4)23(28)26(17(2)3)15-21-14-24-12-20(21)13-25-16-27/h7-8,11,16-17,20-21,24H,5-6,9-10,12-15H2,1-4H3,(H,25,27)/t20-,21-/m0/s1. The van der Waals surface area contributed by atoms with E-state index in [0.717, 1.165) is 43.7 Å². The zero-order valence-corrected chi connectivity index (χ0v) is 18.8. The van der Waals surface area contributed by atoms with Crippen molar-refractivity contribution in [2.24, 2.45) is 11.8 Å². The lowest BCUT2D eigenvalue weighted by Crippen LogP contribution is -2.43. The van der Waals surface area contributed by atoms with Gasteiger partial charge < -0.3 is 25.0 Å². The van der Waals surface area contributed by atoms with Crippen LogP contribution in [0.2, 0.25) is 0 Å². The number of hydrogen-bond acceptors (Lipinski definition) is 5. The Morgan fingerprint density at radius 2 is 2.07 bits per heavy atom. The maximum absolute atomic E-state index is 13.4. The average Bonchev–Trinajstić information content (AvgIpc) is 3.19. The van der Waals surface area contributed by atoms with E-state index in [9.17, 15) is 9.59 Å². The fourth-order valence-corrected chi connectivity index (χ4v) is 3.89. The number of benzene rings is 1. The first-order chi connectivity index (χ1) is 14.5. The molecule has 7 heteroatoms. The van der Waals surface area contributed by atoms with Gasteiger partial charge in [0, 0.05) is 57.9 Å². The molecule has 1 fully saturated rings. The molecule has 0 spiro atoms. The van der Waals surface area contributed by atoms with Crippen molar-refractivity contribution in [1.82, 2.24) is 15.5 Å². The van der Waals surface area contributed by atoms with Crippen molar-refractivity contribution < 1.29 is 19.1 Å². The van der Waals surface area contributed by atoms with Gasteiger partial charge in [-0.1, -0.05) is 13.0 Å². The van der Waals surface area contributed by atoms with E-state index >= 15 is 0 Å². The van der Waals surface area contributed by atoms with Crippen LogP contribution in [0.4, 0.5) is 0 Å². The molecule has 0 aromatic heterocycles. The Labute approximate surface area is 180 Å². The highest BCUT2D eigenvalue weighted by Gasteiger charge is 2.31. The summed E-state index contributed by atoms with van der Waals surface area (Å²) in [5.41, 5.74) is 1.75. The van der Waals surface area contributed by atoms with Crippen molar-refractivity contribution in [3.63, 3.8) is 0 Å². The number of methoxy groups -OCH3 is 1. The first kappa shape index (κ1) is 24.2. The Hall–Kier alpha value is -2.12. The number of carbonyl (C=O) groups excluding carboxylic acids is 2. The van der Waals surface area contributed by atoms with Crippen LogP contribution >= 0.6 is 0 Å². The zero-order valence-electron chi connectivity index (χ0n) is 18.8. The third-order valence-electron chi connectivity index (χ3n) is 5.70. The predicted molar refractivity (Wildman–Crippen MR) is 118 cm³/mol. The minimum atomic E-state index is 0.0170. The van der Waals surface area contributed by atoms with E-state index in [1.807, 2.05) is 36.9 Å². The Balaban J connectivity index is 2.13. The highest BCUT2D eigenvalue weighted by molar-refractivity contribution is 5.95. The Morgan fingerprint density at radius 1 is 1.30 bits per heavy atom. The number of aryl methyl sites for hydroxylation is 1. The van der Waals surface area contributed by atoms with Crippen LogP contribution in [0, 0.1) is 11.8 Å². The molecule has 1 aromatic carbocycles. The van der Waals surface area contributed by atoms with Gasteiger partial charge >= 0.3 is 0 Å². The molecule has 0 unspecified atom stereocenters. The van der Waals surface area contributed by atoms with E-state index in [2.05, 4.69) is 17.6 Å². The molecule has 0 radical (unpaired) electrons. The van der Waals surface area contributed by atoms with Gasteiger partial charge in [0.15, 0.2) is 0 Å². The van der Waals surface area contributed by atoms with Crippen molar-refractivity contribution in [3.8, 4) is 5.75 Å². The number of rotatable bonds is 13. The van der Waals surface area contributed by atoms with E-state index in [1.54, 1.807) is 7.11 Å². The van der Waals surface area contributed by atoms with E-state index in [4.69, 9.17) is 9.47 Å². The number of nitrogens with one attached hydrogen (secondary N) is 2. The number of carbonyl (C=O) groups is 2. The molecule has 1 aliphatic heterocycles. The largest absolute Gasteiger partial charge is 0.493 e. The molecule has 0 bridgehead atoms. The summed E-state index contributed by atoms with van der Waals surface area (Å²) in [6, 6.07) is 5.85. The Kier molecular flexibility index (Phi) is 10.1. The van der Waals surface area contributed by atoms with Gasteiger partial charge in [-0.25, -0.2) is 0 Å². The lowest BCUT2D eigenvalue weighted by molar-refractivity contribution is -0.109. The third-order valence-corrected chi connectivity index (χ3v) is 5.70. The Bertz CT molecular complexity index is 680. The third kappa shape index (κ3) is 6.71. The van der Waals surface area contributed by atoms with Crippen LogP contribution in [0.25, 0.3) is 0 Å².